The summed E-state index contributed by atoms with van der Waals surface area (Å²) in [6.45, 7) is 8.32. The number of hydrogen-bond donors (Lipinski definition) is 1. The molecule has 0 aliphatic carbocycles. The lowest BCUT2D eigenvalue weighted by atomic mass is 10.1. The maximum atomic E-state index is 12.2. The molecule has 0 unspecified atom stereocenters. The second-order valence-electron chi connectivity index (χ2n) is 5.67. The molecule has 0 amide bonds. The van der Waals surface area contributed by atoms with Crippen LogP contribution in [-0.2, 0) is 11.3 Å². The van der Waals surface area contributed by atoms with E-state index in [1.807, 2.05) is 39.1 Å². The third-order valence-electron chi connectivity index (χ3n) is 3.50. The van der Waals surface area contributed by atoms with Crippen molar-refractivity contribution in [3.8, 4) is 0 Å². The van der Waals surface area contributed by atoms with Gasteiger partial charge in [0.05, 0.1) is 6.10 Å². The molecule has 1 heterocycles. The molecule has 1 N–H and O–H groups in total. The lowest BCUT2D eigenvalue weighted by molar-refractivity contribution is 0.0502. The molecule has 0 aliphatic rings. The van der Waals surface area contributed by atoms with Crippen LogP contribution in [-0.4, -0.2) is 36.2 Å². The summed E-state index contributed by atoms with van der Waals surface area (Å²) < 4.78 is 5.54. The van der Waals surface area contributed by atoms with Crippen LogP contribution in [0.5, 0.6) is 0 Å². The van der Waals surface area contributed by atoms with Gasteiger partial charge in [-0.05, 0) is 40.0 Å². The number of hydrogen-bond acceptors (Lipinski definition) is 3. The van der Waals surface area contributed by atoms with Crippen LogP contribution >= 0.6 is 0 Å². The predicted molar refractivity (Wildman–Crippen MR) is 86.7 cm³/mol. The first-order chi connectivity index (χ1) is 9.99. The first kappa shape index (κ1) is 15.7. The molecule has 2 rings (SSSR count). The Kier molecular flexibility index (Phi) is 5.15. The summed E-state index contributed by atoms with van der Waals surface area (Å²) in [4.78, 5) is 17.7. The number of ether oxygens (including phenoxy) is 1. The molecule has 0 radical (unpaired) electrons. The Balaban J connectivity index is 2.16. The Hall–Kier alpha value is -1.65. The fourth-order valence-electron chi connectivity index (χ4n) is 2.63. The van der Waals surface area contributed by atoms with E-state index in [4.69, 9.17) is 4.74 Å². The van der Waals surface area contributed by atoms with Crippen molar-refractivity contribution in [2.45, 2.75) is 33.4 Å². The van der Waals surface area contributed by atoms with Gasteiger partial charge in [-0.3, -0.25) is 9.69 Å². The summed E-state index contributed by atoms with van der Waals surface area (Å²) in [6.07, 6.45) is 0.190. The number of aromatic amines is 1. The Bertz CT molecular complexity index is 663. The number of rotatable bonds is 6. The van der Waals surface area contributed by atoms with Crippen LogP contribution in [0.2, 0.25) is 0 Å². The first-order valence-corrected chi connectivity index (χ1v) is 7.42. The average Bonchev–Trinajstić information content (AvgIpc) is 2.39. The van der Waals surface area contributed by atoms with Gasteiger partial charge >= 0.3 is 0 Å². The summed E-state index contributed by atoms with van der Waals surface area (Å²) in [7, 11) is 2.03. The van der Waals surface area contributed by atoms with Gasteiger partial charge < -0.3 is 9.72 Å². The third kappa shape index (κ3) is 4.16. The topological polar surface area (TPSA) is 45.3 Å². The minimum absolute atomic E-state index is 0.0775. The van der Waals surface area contributed by atoms with E-state index in [2.05, 4.69) is 16.8 Å². The van der Waals surface area contributed by atoms with Crippen LogP contribution < -0.4 is 5.43 Å². The van der Waals surface area contributed by atoms with E-state index in [1.54, 1.807) is 6.07 Å². The standard InChI is InChI=1S/C17H24N2O2/c1-5-21-13(3)10-19(4)11-14-9-17(20)15-8-12(2)6-7-16(15)18-14/h6-9,13H,5,10-11H2,1-4H3,(H,18,20)/t13-/m1/s1. The molecule has 4 nitrogen and oxygen atoms in total. The van der Waals surface area contributed by atoms with E-state index < -0.39 is 0 Å². The fourth-order valence-corrected chi connectivity index (χ4v) is 2.63. The van der Waals surface area contributed by atoms with E-state index in [-0.39, 0.29) is 11.5 Å². The number of H-pyrrole nitrogens is 1. The molecule has 1 atom stereocenters. The Morgan fingerprint density at radius 1 is 1.33 bits per heavy atom. The van der Waals surface area contributed by atoms with Gasteiger partial charge in [0.25, 0.3) is 0 Å². The predicted octanol–water partition coefficient (Wildman–Crippen LogP) is 2.69. The minimum Gasteiger partial charge on any atom is -0.377 e. The summed E-state index contributed by atoms with van der Waals surface area (Å²) in [5.74, 6) is 0. The van der Waals surface area contributed by atoms with Gasteiger partial charge in [-0.2, -0.15) is 0 Å². The molecule has 1 aromatic carbocycles. The van der Waals surface area contributed by atoms with Gasteiger partial charge in [0.15, 0.2) is 5.43 Å². The van der Waals surface area contributed by atoms with E-state index in [9.17, 15) is 4.79 Å². The zero-order chi connectivity index (χ0) is 15.4. The van der Waals surface area contributed by atoms with Crippen molar-refractivity contribution in [2.75, 3.05) is 20.2 Å². The normalized spacial score (nSPS) is 13.0. The number of aryl methyl sites for hydroxylation is 1. The van der Waals surface area contributed by atoms with Crippen molar-refractivity contribution in [1.82, 2.24) is 9.88 Å². The Morgan fingerprint density at radius 2 is 2.10 bits per heavy atom. The Labute approximate surface area is 125 Å². The molecule has 0 aliphatic heterocycles. The summed E-state index contributed by atoms with van der Waals surface area (Å²) >= 11 is 0. The molecule has 114 valence electrons. The van der Waals surface area contributed by atoms with Crippen molar-refractivity contribution in [1.29, 1.82) is 0 Å². The zero-order valence-corrected chi connectivity index (χ0v) is 13.3. The molecular formula is C17H24N2O2. The number of aromatic nitrogens is 1. The number of fused-ring (bicyclic) bond motifs is 1. The van der Waals surface area contributed by atoms with Crippen molar-refractivity contribution in [2.24, 2.45) is 0 Å². The van der Waals surface area contributed by atoms with Crippen LogP contribution in [0, 0.1) is 6.92 Å². The number of nitrogens with zero attached hydrogens (tertiary/aromatic N) is 1. The molecule has 21 heavy (non-hydrogen) atoms. The molecule has 2 aromatic rings. The molecular weight excluding hydrogens is 264 g/mol. The minimum atomic E-state index is 0.0775. The molecule has 0 bridgehead atoms. The van der Waals surface area contributed by atoms with Gasteiger partial charge in [0.2, 0.25) is 0 Å². The smallest absolute Gasteiger partial charge is 0.189 e. The number of benzene rings is 1. The third-order valence-corrected chi connectivity index (χ3v) is 3.50. The van der Waals surface area contributed by atoms with Gasteiger partial charge in [-0.25, -0.2) is 0 Å². The summed E-state index contributed by atoms with van der Waals surface area (Å²) in [5, 5.41) is 0.754. The van der Waals surface area contributed by atoms with Crippen molar-refractivity contribution in [3.63, 3.8) is 0 Å². The molecule has 0 spiro atoms. The van der Waals surface area contributed by atoms with Gasteiger partial charge in [-0.1, -0.05) is 11.6 Å². The molecule has 0 saturated carbocycles. The molecule has 0 fully saturated rings. The maximum Gasteiger partial charge on any atom is 0.189 e. The van der Waals surface area contributed by atoms with Crippen LogP contribution in [0.1, 0.15) is 25.1 Å². The number of likely N-dealkylation sites (N-methyl/N-ethyl adjacent to an activating group) is 1. The summed E-state index contributed by atoms with van der Waals surface area (Å²) in [6, 6.07) is 7.61. The molecule has 1 aromatic heterocycles. The lowest BCUT2D eigenvalue weighted by Crippen LogP contribution is -2.29. The highest BCUT2D eigenvalue weighted by molar-refractivity contribution is 5.79. The van der Waals surface area contributed by atoms with Gasteiger partial charge in [0, 0.05) is 42.4 Å². The second-order valence-corrected chi connectivity index (χ2v) is 5.67. The Morgan fingerprint density at radius 3 is 2.81 bits per heavy atom. The van der Waals surface area contributed by atoms with E-state index in [0.717, 1.165) is 35.3 Å². The quantitative estimate of drug-likeness (QED) is 0.889. The monoisotopic (exact) mass is 288 g/mol. The SMILES string of the molecule is CCO[C@H](C)CN(C)Cc1cc(=O)c2cc(C)ccc2[nH]1. The van der Waals surface area contributed by atoms with E-state index in [0.29, 0.717) is 6.54 Å². The average molecular weight is 288 g/mol. The highest BCUT2D eigenvalue weighted by Crippen LogP contribution is 2.11. The van der Waals surface area contributed by atoms with Crippen LogP contribution in [0.4, 0.5) is 0 Å². The second kappa shape index (κ2) is 6.87. The van der Waals surface area contributed by atoms with E-state index in [1.165, 1.54) is 0 Å². The van der Waals surface area contributed by atoms with Crippen molar-refractivity contribution < 1.29 is 4.74 Å². The fraction of sp³-hybridized carbons (Fsp3) is 0.471. The van der Waals surface area contributed by atoms with Crippen LogP contribution in [0.25, 0.3) is 10.9 Å². The highest BCUT2D eigenvalue weighted by Gasteiger charge is 2.08. The maximum absolute atomic E-state index is 12.2. The van der Waals surface area contributed by atoms with Crippen LogP contribution in [0.3, 0.4) is 0 Å². The van der Waals surface area contributed by atoms with Gasteiger partial charge in [-0.15, -0.1) is 0 Å². The van der Waals surface area contributed by atoms with Crippen LogP contribution in [0.15, 0.2) is 29.1 Å². The highest BCUT2D eigenvalue weighted by atomic mass is 16.5. The molecule has 0 saturated heterocycles. The molecule has 4 heteroatoms. The number of nitrogens with one attached hydrogen (secondary N) is 1. The van der Waals surface area contributed by atoms with Crippen molar-refractivity contribution in [3.05, 3.63) is 45.7 Å². The summed E-state index contributed by atoms with van der Waals surface area (Å²) in [5.41, 5.74) is 3.01. The lowest BCUT2D eigenvalue weighted by Gasteiger charge is -2.21. The zero-order valence-electron chi connectivity index (χ0n) is 13.3. The van der Waals surface area contributed by atoms with E-state index >= 15 is 0 Å². The van der Waals surface area contributed by atoms with Gasteiger partial charge in [0.1, 0.15) is 0 Å². The first-order valence-electron chi connectivity index (χ1n) is 7.42. The largest absolute Gasteiger partial charge is 0.377 e. The van der Waals surface area contributed by atoms with Crippen molar-refractivity contribution >= 4 is 10.9 Å². The number of pyridine rings is 1.